The highest BCUT2D eigenvalue weighted by atomic mass is 79.9. The van der Waals surface area contributed by atoms with Crippen LogP contribution in [0.2, 0.25) is 0 Å². The van der Waals surface area contributed by atoms with E-state index in [1.54, 1.807) is 6.08 Å². The smallest absolute Gasteiger partial charge is 0.258 e. The van der Waals surface area contributed by atoms with E-state index >= 15 is 0 Å². The zero-order valence-corrected chi connectivity index (χ0v) is 10.1. The van der Waals surface area contributed by atoms with Crippen LogP contribution >= 0.6 is 15.9 Å². The molecule has 1 rings (SSSR count). The average molecular weight is 288 g/mol. The van der Waals surface area contributed by atoms with Gasteiger partial charge in [0.05, 0.1) is 4.47 Å². The van der Waals surface area contributed by atoms with Crippen LogP contribution in [0, 0.1) is 5.82 Å². The van der Waals surface area contributed by atoms with Crippen molar-refractivity contribution in [2.24, 2.45) is 0 Å². The van der Waals surface area contributed by atoms with Gasteiger partial charge in [-0.3, -0.25) is 4.79 Å². The Bertz CT molecular complexity index is 396. The topological polar surface area (TPSA) is 38.3 Å². The lowest BCUT2D eigenvalue weighted by atomic mass is 10.3. The lowest BCUT2D eigenvalue weighted by Gasteiger charge is -2.06. The van der Waals surface area contributed by atoms with Gasteiger partial charge in [0.15, 0.2) is 6.61 Å². The van der Waals surface area contributed by atoms with E-state index in [0.29, 0.717) is 16.8 Å². The maximum Gasteiger partial charge on any atom is 0.258 e. The van der Waals surface area contributed by atoms with Crippen LogP contribution in [0.25, 0.3) is 0 Å². The predicted octanol–water partition coefficient (Wildman–Crippen LogP) is 2.27. The number of hydrogen-bond acceptors (Lipinski definition) is 2. The molecule has 0 heterocycles. The molecular formula is C11H11BrFNO2. The second-order valence-electron chi connectivity index (χ2n) is 2.96. The summed E-state index contributed by atoms with van der Waals surface area (Å²) in [5.41, 5.74) is 0. The summed E-state index contributed by atoms with van der Waals surface area (Å²) in [7, 11) is 0. The molecule has 0 aromatic heterocycles. The molecule has 0 saturated carbocycles. The van der Waals surface area contributed by atoms with Gasteiger partial charge in [0.1, 0.15) is 11.6 Å². The number of halogens is 2. The average Bonchev–Trinajstić information content (AvgIpc) is 2.28. The van der Waals surface area contributed by atoms with Gasteiger partial charge in [0.2, 0.25) is 0 Å². The van der Waals surface area contributed by atoms with Crippen LogP contribution in [0.5, 0.6) is 5.75 Å². The van der Waals surface area contributed by atoms with E-state index in [4.69, 9.17) is 4.74 Å². The van der Waals surface area contributed by atoms with Gasteiger partial charge in [-0.2, -0.15) is 0 Å². The highest BCUT2D eigenvalue weighted by molar-refractivity contribution is 9.10. The van der Waals surface area contributed by atoms with Crippen LogP contribution in [0.3, 0.4) is 0 Å². The van der Waals surface area contributed by atoms with Crippen LogP contribution < -0.4 is 10.1 Å². The molecule has 5 heteroatoms. The number of rotatable bonds is 5. The molecule has 0 unspecified atom stereocenters. The molecule has 16 heavy (non-hydrogen) atoms. The summed E-state index contributed by atoms with van der Waals surface area (Å²) in [6, 6.07) is 4.19. The minimum Gasteiger partial charge on any atom is -0.484 e. The van der Waals surface area contributed by atoms with Gasteiger partial charge in [0.25, 0.3) is 5.91 Å². The zero-order chi connectivity index (χ0) is 12.0. The minimum absolute atomic E-state index is 0.105. The van der Waals surface area contributed by atoms with Crippen molar-refractivity contribution in [3.63, 3.8) is 0 Å². The molecule has 0 aliphatic rings. The SMILES string of the molecule is C=CCNC(=O)COc1ccc(F)c(Br)c1. The first-order valence-corrected chi connectivity index (χ1v) is 5.38. The van der Waals surface area contributed by atoms with Gasteiger partial charge in [-0.05, 0) is 34.1 Å². The number of carbonyl (C=O) groups excluding carboxylic acids is 1. The summed E-state index contributed by atoms with van der Waals surface area (Å²) in [6.45, 7) is 3.76. The number of ether oxygens (including phenoxy) is 1. The van der Waals surface area contributed by atoms with Gasteiger partial charge in [-0.15, -0.1) is 6.58 Å². The fourth-order valence-electron chi connectivity index (χ4n) is 0.953. The van der Waals surface area contributed by atoms with Crippen LogP contribution in [0.1, 0.15) is 0 Å². The number of benzene rings is 1. The Morgan fingerprint density at radius 2 is 2.38 bits per heavy atom. The Kier molecular flexibility index (Phi) is 4.98. The monoisotopic (exact) mass is 287 g/mol. The summed E-state index contributed by atoms with van der Waals surface area (Å²) < 4.78 is 18.3. The zero-order valence-electron chi connectivity index (χ0n) is 8.50. The molecule has 0 aliphatic carbocycles. The third-order valence-electron chi connectivity index (χ3n) is 1.70. The molecule has 0 aliphatic heterocycles. The van der Waals surface area contributed by atoms with Crippen molar-refractivity contribution in [1.82, 2.24) is 5.32 Å². The van der Waals surface area contributed by atoms with E-state index < -0.39 is 0 Å². The highest BCUT2D eigenvalue weighted by Gasteiger charge is 2.04. The van der Waals surface area contributed by atoms with Crippen molar-refractivity contribution in [3.8, 4) is 5.75 Å². The van der Waals surface area contributed by atoms with Gasteiger partial charge in [0, 0.05) is 6.54 Å². The fourth-order valence-corrected chi connectivity index (χ4v) is 1.31. The standard InChI is InChI=1S/C11H11BrFNO2/c1-2-5-14-11(15)7-16-8-3-4-10(13)9(12)6-8/h2-4,6H,1,5,7H2,(H,14,15). The largest absolute Gasteiger partial charge is 0.484 e. The van der Waals surface area contributed by atoms with E-state index in [-0.39, 0.29) is 18.3 Å². The molecule has 1 aromatic carbocycles. The van der Waals surface area contributed by atoms with Crippen LogP contribution in [-0.4, -0.2) is 19.1 Å². The summed E-state index contributed by atoms with van der Waals surface area (Å²) in [5.74, 6) is -0.189. The van der Waals surface area contributed by atoms with Gasteiger partial charge < -0.3 is 10.1 Å². The van der Waals surface area contributed by atoms with Crippen molar-refractivity contribution < 1.29 is 13.9 Å². The lowest BCUT2D eigenvalue weighted by Crippen LogP contribution is -2.28. The molecule has 1 aromatic rings. The molecule has 0 radical (unpaired) electrons. The van der Waals surface area contributed by atoms with Gasteiger partial charge in [-0.25, -0.2) is 4.39 Å². The van der Waals surface area contributed by atoms with Crippen molar-refractivity contribution in [2.75, 3.05) is 13.2 Å². The molecule has 0 fully saturated rings. The normalized spacial score (nSPS) is 9.62. The summed E-state index contributed by atoms with van der Waals surface area (Å²) >= 11 is 3.03. The van der Waals surface area contributed by atoms with E-state index in [2.05, 4.69) is 27.8 Å². The number of nitrogens with one attached hydrogen (secondary N) is 1. The third-order valence-corrected chi connectivity index (χ3v) is 2.31. The Morgan fingerprint density at radius 3 is 3.00 bits per heavy atom. The van der Waals surface area contributed by atoms with E-state index in [1.807, 2.05) is 0 Å². The van der Waals surface area contributed by atoms with Crippen molar-refractivity contribution in [1.29, 1.82) is 0 Å². The van der Waals surface area contributed by atoms with Crippen molar-refractivity contribution >= 4 is 21.8 Å². The highest BCUT2D eigenvalue weighted by Crippen LogP contribution is 2.21. The lowest BCUT2D eigenvalue weighted by molar-refractivity contribution is -0.122. The van der Waals surface area contributed by atoms with Crippen molar-refractivity contribution in [3.05, 3.63) is 41.1 Å². The van der Waals surface area contributed by atoms with E-state index in [9.17, 15) is 9.18 Å². The van der Waals surface area contributed by atoms with Crippen LogP contribution in [0.4, 0.5) is 4.39 Å². The molecule has 0 spiro atoms. The first-order chi connectivity index (χ1) is 7.63. The number of hydrogen-bond donors (Lipinski definition) is 1. The number of carbonyl (C=O) groups is 1. The summed E-state index contributed by atoms with van der Waals surface area (Å²) in [6.07, 6.45) is 1.58. The molecule has 0 bridgehead atoms. The predicted molar refractivity (Wildman–Crippen MR) is 62.8 cm³/mol. The Morgan fingerprint density at radius 1 is 1.62 bits per heavy atom. The molecule has 0 saturated heterocycles. The Hall–Kier alpha value is -1.36. The first-order valence-electron chi connectivity index (χ1n) is 4.59. The fraction of sp³-hybridized carbons (Fsp3) is 0.182. The third kappa shape index (κ3) is 4.02. The minimum atomic E-state index is -0.372. The summed E-state index contributed by atoms with van der Waals surface area (Å²) in [4.78, 5) is 11.2. The van der Waals surface area contributed by atoms with Crippen LogP contribution in [-0.2, 0) is 4.79 Å². The molecule has 86 valence electrons. The van der Waals surface area contributed by atoms with E-state index in [0.717, 1.165) is 0 Å². The van der Waals surface area contributed by atoms with Crippen molar-refractivity contribution in [2.45, 2.75) is 0 Å². The maximum atomic E-state index is 12.9. The second kappa shape index (κ2) is 6.27. The Labute approximate surface area is 101 Å². The van der Waals surface area contributed by atoms with Gasteiger partial charge in [-0.1, -0.05) is 6.08 Å². The van der Waals surface area contributed by atoms with Gasteiger partial charge >= 0.3 is 0 Å². The summed E-state index contributed by atoms with van der Waals surface area (Å²) in [5, 5.41) is 2.56. The second-order valence-corrected chi connectivity index (χ2v) is 3.81. The quantitative estimate of drug-likeness (QED) is 0.844. The molecule has 3 nitrogen and oxygen atoms in total. The molecule has 1 N–H and O–H groups in total. The van der Waals surface area contributed by atoms with E-state index in [1.165, 1.54) is 18.2 Å². The molecular weight excluding hydrogens is 277 g/mol. The van der Waals surface area contributed by atoms with Crippen LogP contribution in [0.15, 0.2) is 35.3 Å². The molecule has 1 amide bonds. The number of amides is 1. The maximum absolute atomic E-state index is 12.9. The molecule has 0 atom stereocenters. The first kappa shape index (κ1) is 12.7. The Balaban J connectivity index is 2.45.